The average molecular weight is 278 g/mol. The van der Waals surface area contributed by atoms with Crippen molar-refractivity contribution in [2.24, 2.45) is 0 Å². The predicted molar refractivity (Wildman–Crippen MR) is 82.6 cm³/mol. The molecule has 1 aliphatic heterocycles. The molecule has 2 aromatic rings. The lowest BCUT2D eigenvalue weighted by molar-refractivity contribution is 0.728. The molecule has 0 unspecified atom stereocenters. The summed E-state index contributed by atoms with van der Waals surface area (Å²) in [6, 6.07) is 12.1. The number of nitrogens with zero attached hydrogens (tertiary/aromatic N) is 3. The molecule has 1 N–H and O–H groups in total. The van der Waals surface area contributed by atoms with Crippen LogP contribution in [0.3, 0.4) is 0 Å². The van der Waals surface area contributed by atoms with Crippen molar-refractivity contribution in [2.75, 3.05) is 16.8 Å². The molecule has 2 aliphatic carbocycles. The number of anilines is 2. The third kappa shape index (κ3) is 1.82. The van der Waals surface area contributed by atoms with Crippen molar-refractivity contribution in [2.45, 2.75) is 37.3 Å². The summed E-state index contributed by atoms with van der Waals surface area (Å²) < 4.78 is 0. The standard InChI is InChI=1S/C17H18N4/c1-2-4-14-13(3-1)11-7-15(14)21(9-11)17-8-16(18-10-19-17)20-12-5-6-12/h1-4,8,10-12,15H,5-7,9H2,(H,18,19,20)/t11-,15+/m0/s1. The first-order valence-electron chi connectivity index (χ1n) is 7.82. The fourth-order valence-corrected chi connectivity index (χ4v) is 3.82. The molecule has 3 aliphatic rings. The molecule has 1 saturated carbocycles. The molecule has 1 aromatic heterocycles. The van der Waals surface area contributed by atoms with E-state index in [4.69, 9.17) is 0 Å². The predicted octanol–water partition coefficient (Wildman–Crippen LogP) is 3.10. The molecule has 1 aromatic carbocycles. The molecular formula is C17H18N4. The van der Waals surface area contributed by atoms with Crippen molar-refractivity contribution in [1.82, 2.24) is 9.97 Å². The topological polar surface area (TPSA) is 41.0 Å². The van der Waals surface area contributed by atoms with E-state index in [-0.39, 0.29) is 0 Å². The molecule has 0 amide bonds. The molecule has 21 heavy (non-hydrogen) atoms. The Bertz CT molecular complexity index is 695. The van der Waals surface area contributed by atoms with Gasteiger partial charge in [-0.3, -0.25) is 0 Å². The van der Waals surface area contributed by atoms with E-state index in [1.807, 2.05) is 0 Å². The highest BCUT2D eigenvalue weighted by atomic mass is 15.3. The van der Waals surface area contributed by atoms with E-state index >= 15 is 0 Å². The zero-order valence-electron chi connectivity index (χ0n) is 11.9. The van der Waals surface area contributed by atoms with Crippen LogP contribution >= 0.6 is 0 Å². The summed E-state index contributed by atoms with van der Waals surface area (Å²) in [5, 5.41) is 3.47. The summed E-state index contributed by atoms with van der Waals surface area (Å²) in [7, 11) is 0. The number of aromatic nitrogens is 2. The third-order valence-electron chi connectivity index (χ3n) is 4.97. The van der Waals surface area contributed by atoms with Gasteiger partial charge in [0.1, 0.15) is 18.0 Å². The summed E-state index contributed by atoms with van der Waals surface area (Å²) >= 11 is 0. The zero-order chi connectivity index (χ0) is 13.8. The van der Waals surface area contributed by atoms with Gasteiger partial charge in [0.15, 0.2) is 0 Å². The van der Waals surface area contributed by atoms with E-state index < -0.39 is 0 Å². The summed E-state index contributed by atoms with van der Waals surface area (Å²) in [6.45, 7) is 1.08. The first-order chi connectivity index (χ1) is 10.4. The minimum absolute atomic E-state index is 0.495. The largest absolute Gasteiger partial charge is 0.367 e. The number of nitrogens with one attached hydrogen (secondary N) is 1. The van der Waals surface area contributed by atoms with Crippen molar-refractivity contribution >= 4 is 11.6 Å². The van der Waals surface area contributed by atoms with Gasteiger partial charge in [-0.05, 0) is 30.4 Å². The fourth-order valence-electron chi connectivity index (χ4n) is 3.82. The third-order valence-corrected chi connectivity index (χ3v) is 4.97. The van der Waals surface area contributed by atoms with Gasteiger partial charge in [0, 0.05) is 24.6 Å². The number of fused-ring (bicyclic) bond motifs is 5. The molecule has 2 atom stereocenters. The maximum absolute atomic E-state index is 4.52. The van der Waals surface area contributed by atoms with E-state index in [9.17, 15) is 0 Å². The molecule has 2 heterocycles. The normalized spacial score (nSPS) is 26.0. The number of hydrogen-bond donors (Lipinski definition) is 1. The Morgan fingerprint density at radius 3 is 2.81 bits per heavy atom. The van der Waals surface area contributed by atoms with Crippen molar-refractivity contribution in [3.8, 4) is 0 Å². The highest BCUT2D eigenvalue weighted by Crippen LogP contribution is 2.51. The van der Waals surface area contributed by atoms with Crippen LogP contribution in [0.5, 0.6) is 0 Å². The summed E-state index contributed by atoms with van der Waals surface area (Å²) in [5.74, 6) is 2.70. The Balaban J connectivity index is 1.47. The lowest BCUT2D eigenvalue weighted by atomic mass is 9.99. The van der Waals surface area contributed by atoms with Crippen LogP contribution in [0.4, 0.5) is 11.6 Å². The number of benzene rings is 1. The van der Waals surface area contributed by atoms with Crippen LogP contribution in [0.25, 0.3) is 0 Å². The smallest absolute Gasteiger partial charge is 0.134 e. The van der Waals surface area contributed by atoms with Gasteiger partial charge in [-0.15, -0.1) is 0 Å². The zero-order valence-corrected chi connectivity index (χ0v) is 11.9. The average Bonchev–Trinajstić information content (AvgIpc) is 3.13. The first-order valence-corrected chi connectivity index (χ1v) is 7.82. The van der Waals surface area contributed by atoms with Crippen molar-refractivity contribution in [1.29, 1.82) is 0 Å². The molecule has 5 rings (SSSR count). The van der Waals surface area contributed by atoms with E-state index in [0.29, 0.717) is 18.0 Å². The molecule has 0 spiro atoms. The Labute approximate surface area is 124 Å². The van der Waals surface area contributed by atoms with E-state index in [1.165, 1.54) is 24.8 Å². The van der Waals surface area contributed by atoms with Gasteiger partial charge in [0.25, 0.3) is 0 Å². The molecule has 2 fully saturated rings. The Morgan fingerprint density at radius 2 is 1.95 bits per heavy atom. The minimum Gasteiger partial charge on any atom is -0.367 e. The number of rotatable bonds is 3. The summed E-state index contributed by atoms with van der Waals surface area (Å²) in [4.78, 5) is 11.3. The Morgan fingerprint density at radius 1 is 1.10 bits per heavy atom. The van der Waals surface area contributed by atoms with Gasteiger partial charge in [-0.1, -0.05) is 24.3 Å². The van der Waals surface area contributed by atoms with Crippen LogP contribution in [0.2, 0.25) is 0 Å². The van der Waals surface area contributed by atoms with E-state index in [2.05, 4.69) is 50.5 Å². The van der Waals surface area contributed by atoms with Gasteiger partial charge in [-0.25, -0.2) is 9.97 Å². The SMILES string of the molecule is c1ccc2c(c1)[C@H]1C[C@H]2N(c2cc(NC3CC3)ncn2)C1. The highest BCUT2D eigenvalue weighted by molar-refractivity contribution is 5.56. The lowest BCUT2D eigenvalue weighted by Gasteiger charge is -2.30. The second-order valence-electron chi connectivity index (χ2n) is 6.41. The van der Waals surface area contributed by atoms with Gasteiger partial charge in [-0.2, -0.15) is 0 Å². The maximum atomic E-state index is 4.52. The van der Waals surface area contributed by atoms with Gasteiger partial charge >= 0.3 is 0 Å². The van der Waals surface area contributed by atoms with Gasteiger partial charge in [0.05, 0.1) is 6.04 Å². The second-order valence-corrected chi connectivity index (χ2v) is 6.41. The van der Waals surface area contributed by atoms with Crippen molar-refractivity contribution < 1.29 is 0 Å². The van der Waals surface area contributed by atoms with Crippen LogP contribution < -0.4 is 10.2 Å². The van der Waals surface area contributed by atoms with Crippen LogP contribution in [-0.4, -0.2) is 22.6 Å². The first kappa shape index (κ1) is 11.5. The Kier molecular flexibility index (Phi) is 2.31. The molecule has 4 heteroatoms. The molecule has 2 bridgehead atoms. The van der Waals surface area contributed by atoms with Crippen molar-refractivity contribution in [3.05, 3.63) is 47.8 Å². The quantitative estimate of drug-likeness (QED) is 0.936. The van der Waals surface area contributed by atoms with Crippen LogP contribution in [0.15, 0.2) is 36.7 Å². The summed E-state index contributed by atoms with van der Waals surface area (Å²) in [6.07, 6.45) is 5.45. The maximum Gasteiger partial charge on any atom is 0.134 e. The Hall–Kier alpha value is -2.10. The fraction of sp³-hybridized carbons (Fsp3) is 0.412. The molecule has 1 saturated heterocycles. The van der Waals surface area contributed by atoms with Gasteiger partial charge < -0.3 is 10.2 Å². The van der Waals surface area contributed by atoms with Crippen LogP contribution in [0, 0.1) is 0 Å². The molecule has 0 radical (unpaired) electrons. The molecule has 106 valence electrons. The van der Waals surface area contributed by atoms with Crippen LogP contribution in [0.1, 0.15) is 42.3 Å². The highest BCUT2D eigenvalue weighted by Gasteiger charge is 2.42. The second kappa shape index (κ2) is 4.20. The minimum atomic E-state index is 0.495. The number of hydrogen-bond acceptors (Lipinski definition) is 4. The van der Waals surface area contributed by atoms with Crippen LogP contribution in [-0.2, 0) is 0 Å². The molecular weight excluding hydrogens is 260 g/mol. The van der Waals surface area contributed by atoms with Gasteiger partial charge in [0.2, 0.25) is 0 Å². The molecule has 4 nitrogen and oxygen atoms in total. The summed E-state index contributed by atoms with van der Waals surface area (Å²) in [5.41, 5.74) is 3.04. The van der Waals surface area contributed by atoms with E-state index in [0.717, 1.165) is 18.2 Å². The monoisotopic (exact) mass is 278 g/mol. The van der Waals surface area contributed by atoms with E-state index in [1.54, 1.807) is 11.9 Å². The lowest BCUT2D eigenvalue weighted by Crippen LogP contribution is -2.28. The van der Waals surface area contributed by atoms with Crippen molar-refractivity contribution in [3.63, 3.8) is 0 Å².